The van der Waals surface area contributed by atoms with Gasteiger partial charge in [0.25, 0.3) is 5.91 Å². The maximum absolute atomic E-state index is 12.6. The lowest BCUT2D eigenvalue weighted by atomic mass is 9.87. The molecule has 1 saturated carbocycles. The van der Waals surface area contributed by atoms with Gasteiger partial charge in [-0.25, -0.2) is 8.42 Å². The summed E-state index contributed by atoms with van der Waals surface area (Å²) in [5, 5.41) is 3.01. The molecule has 1 amide bonds. The Labute approximate surface area is 142 Å². The molecule has 7 nitrogen and oxygen atoms in total. The van der Waals surface area contributed by atoms with Gasteiger partial charge in [-0.3, -0.25) is 4.79 Å². The van der Waals surface area contributed by atoms with E-state index in [1.807, 2.05) is 0 Å². The molecule has 2 unspecified atom stereocenters. The highest BCUT2D eigenvalue weighted by Gasteiger charge is 2.28. The first-order valence-corrected chi connectivity index (χ1v) is 9.98. The number of carbonyl (C=O) groups is 1. The van der Waals surface area contributed by atoms with E-state index in [9.17, 15) is 13.2 Å². The van der Waals surface area contributed by atoms with Crippen LogP contribution in [-0.4, -0.2) is 56.0 Å². The highest BCUT2D eigenvalue weighted by molar-refractivity contribution is 7.89. The molecule has 0 radical (unpaired) electrons. The van der Waals surface area contributed by atoms with Crippen molar-refractivity contribution >= 4 is 15.9 Å². The van der Waals surface area contributed by atoms with Gasteiger partial charge in [0, 0.05) is 25.3 Å². The Morgan fingerprint density at radius 2 is 2.08 bits per heavy atom. The van der Waals surface area contributed by atoms with E-state index >= 15 is 0 Å². The number of amides is 1. The van der Waals surface area contributed by atoms with Gasteiger partial charge >= 0.3 is 0 Å². The SMILES string of the molecule is CC1CCCC(NC(=O)c2cc(S(=O)(=O)N3CCOCC3)c[nH]2)C1. The summed E-state index contributed by atoms with van der Waals surface area (Å²) in [7, 11) is -3.57. The quantitative estimate of drug-likeness (QED) is 0.853. The number of hydrogen-bond donors (Lipinski definition) is 2. The second-order valence-electron chi connectivity index (χ2n) is 6.71. The lowest BCUT2D eigenvalue weighted by Crippen LogP contribution is -2.40. The van der Waals surface area contributed by atoms with Crippen LogP contribution in [0.5, 0.6) is 0 Å². The maximum atomic E-state index is 12.6. The molecule has 2 aliphatic rings. The van der Waals surface area contributed by atoms with Crippen LogP contribution in [-0.2, 0) is 14.8 Å². The van der Waals surface area contributed by atoms with E-state index < -0.39 is 10.0 Å². The summed E-state index contributed by atoms with van der Waals surface area (Å²) in [5.74, 6) is 0.377. The highest BCUT2D eigenvalue weighted by atomic mass is 32.2. The lowest BCUT2D eigenvalue weighted by molar-refractivity contribution is 0.0730. The Morgan fingerprint density at radius 1 is 1.33 bits per heavy atom. The largest absolute Gasteiger partial charge is 0.379 e. The van der Waals surface area contributed by atoms with E-state index in [4.69, 9.17) is 4.74 Å². The van der Waals surface area contributed by atoms with Gasteiger partial charge in [-0.1, -0.05) is 19.8 Å². The Morgan fingerprint density at radius 3 is 2.79 bits per heavy atom. The van der Waals surface area contributed by atoms with Crippen molar-refractivity contribution in [1.82, 2.24) is 14.6 Å². The third kappa shape index (κ3) is 3.81. The van der Waals surface area contributed by atoms with Crippen LogP contribution in [0.2, 0.25) is 0 Å². The molecule has 2 atom stereocenters. The number of aromatic nitrogens is 1. The van der Waals surface area contributed by atoms with E-state index in [0.29, 0.717) is 37.9 Å². The average molecular weight is 355 g/mol. The van der Waals surface area contributed by atoms with Gasteiger partial charge in [0.1, 0.15) is 10.6 Å². The molecule has 0 bridgehead atoms. The van der Waals surface area contributed by atoms with Crippen LogP contribution < -0.4 is 5.32 Å². The normalized spacial score (nSPS) is 26.2. The molecule has 2 fully saturated rings. The predicted molar refractivity (Wildman–Crippen MR) is 89.3 cm³/mol. The third-order valence-electron chi connectivity index (χ3n) is 4.78. The van der Waals surface area contributed by atoms with E-state index in [1.165, 1.54) is 23.0 Å². The summed E-state index contributed by atoms with van der Waals surface area (Å²) in [5.41, 5.74) is 0.292. The van der Waals surface area contributed by atoms with Crippen molar-refractivity contribution in [3.8, 4) is 0 Å². The average Bonchev–Trinajstić information content (AvgIpc) is 3.07. The Kier molecular flexibility index (Phi) is 5.27. The van der Waals surface area contributed by atoms with Crippen LogP contribution in [0.15, 0.2) is 17.2 Å². The molecule has 1 aliphatic carbocycles. The number of nitrogens with zero attached hydrogens (tertiary/aromatic N) is 1. The maximum Gasteiger partial charge on any atom is 0.267 e. The summed E-state index contributed by atoms with van der Waals surface area (Å²) in [4.78, 5) is 15.3. The smallest absolute Gasteiger partial charge is 0.267 e. The summed E-state index contributed by atoms with van der Waals surface area (Å²) >= 11 is 0. The molecule has 0 aromatic carbocycles. The number of morpholine rings is 1. The number of ether oxygens (including phenoxy) is 1. The number of rotatable bonds is 4. The first-order valence-electron chi connectivity index (χ1n) is 8.54. The zero-order chi connectivity index (χ0) is 17.2. The van der Waals surface area contributed by atoms with Crippen molar-refractivity contribution < 1.29 is 17.9 Å². The van der Waals surface area contributed by atoms with Gasteiger partial charge in [0.05, 0.1) is 13.2 Å². The number of nitrogens with one attached hydrogen (secondary N) is 2. The number of hydrogen-bond acceptors (Lipinski definition) is 4. The molecule has 24 heavy (non-hydrogen) atoms. The zero-order valence-electron chi connectivity index (χ0n) is 14.0. The molecule has 1 aliphatic heterocycles. The summed E-state index contributed by atoms with van der Waals surface area (Å²) in [6.45, 7) is 3.68. The molecule has 1 aromatic rings. The number of aromatic amines is 1. The van der Waals surface area contributed by atoms with Crippen molar-refractivity contribution in [3.05, 3.63) is 18.0 Å². The van der Waals surface area contributed by atoms with Crippen LogP contribution in [0.25, 0.3) is 0 Å². The van der Waals surface area contributed by atoms with Crippen LogP contribution >= 0.6 is 0 Å². The number of sulfonamides is 1. The van der Waals surface area contributed by atoms with Crippen molar-refractivity contribution in [2.45, 2.75) is 43.5 Å². The predicted octanol–water partition coefficient (Wildman–Crippen LogP) is 1.34. The fourth-order valence-corrected chi connectivity index (χ4v) is 4.82. The Balaban J connectivity index is 1.67. The minimum Gasteiger partial charge on any atom is -0.379 e. The molecule has 3 rings (SSSR count). The molecule has 2 N–H and O–H groups in total. The fraction of sp³-hybridized carbons (Fsp3) is 0.688. The van der Waals surface area contributed by atoms with Gasteiger partial charge in [0.15, 0.2) is 0 Å². The van der Waals surface area contributed by atoms with E-state index in [0.717, 1.165) is 19.3 Å². The molecular weight excluding hydrogens is 330 g/mol. The second-order valence-corrected chi connectivity index (χ2v) is 8.65. The van der Waals surface area contributed by atoms with Gasteiger partial charge in [-0.15, -0.1) is 0 Å². The summed E-state index contributed by atoms with van der Waals surface area (Å²) < 4.78 is 31.7. The number of carbonyl (C=O) groups excluding carboxylic acids is 1. The minimum absolute atomic E-state index is 0.131. The second kappa shape index (κ2) is 7.25. The monoisotopic (exact) mass is 355 g/mol. The first-order chi connectivity index (χ1) is 11.5. The zero-order valence-corrected chi connectivity index (χ0v) is 14.8. The van der Waals surface area contributed by atoms with Gasteiger partial charge < -0.3 is 15.0 Å². The van der Waals surface area contributed by atoms with Gasteiger partial charge in [-0.05, 0) is 24.8 Å². The fourth-order valence-electron chi connectivity index (χ4n) is 3.42. The van der Waals surface area contributed by atoms with Gasteiger partial charge in [0.2, 0.25) is 10.0 Å². The Hall–Kier alpha value is -1.38. The van der Waals surface area contributed by atoms with E-state index in [-0.39, 0.29) is 16.8 Å². The molecule has 134 valence electrons. The summed E-state index contributed by atoms with van der Waals surface area (Å²) in [6, 6.07) is 1.59. The molecule has 2 heterocycles. The van der Waals surface area contributed by atoms with Crippen molar-refractivity contribution in [2.75, 3.05) is 26.3 Å². The molecule has 1 aromatic heterocycles. The first kappa shape index (κ1) is 17.4. The summed E-state index contributed by atoms with van der Waals surface area (Å²) in [6.07, 6.45) is 5.68. The molecule has 0 spiro atoms. The van der Waals surface area contributed by atoms with Gasteiger partial charge in [-0.2, -0.15) is 4.31 Å². The molecular formula is C16H25N3O4S. The van der Waals surface area contributed by atoms with Crippen LogP contribution in [0.1, 0.15) is 43.1 Å². The van der Waals surface area contributed by atoms with Crippen LogP contribution in [0.4, 0.5) is 0 Å². The van der Waals surface area contributed by atoms with Crippen LogP contribution in [0.3, 0.4) is 0 Å². The topological polar surface area (TPSA) is 91.5 Å². The minimum atomic E-state index is -3.57. The standard InChI is InChI=1S/C16H25N3O4S/c1-12-3-2-4-13(9-12)18-16(20)15-10-14(11-17-15)24(21,22)19-5-7-23-8-6-19/h10-13,17H,2-9H2,1H3,(H,18,20). The number of H-pyrrole nitrogens is 1. The van der Waals surface area contributed by atoms with Crippen molar-refractivity contribution in [3.63, 3.8) is 0 Å². The van der Waals surface area contributed by atoms with E-state index in [1.54, 1.807) is 0 Å². The molecule has 8 heteroatoms. The van der Waals surface area contributed by atoms with Crippen molar-refractivity contribution in [1.29, 1.82) is 0 Å². The lowest BCUT2D eigenvalue weighted by Gasteiger charge is -2.27. The van der Waals surface area contributed by atoms with Crippen LogP contribution in [0, 0.1) is 5.92 Å². The Bertz CT molecular complexity index is 679. The van der Waals surface area contributed by atoms with Crippen molar-refractivity contribution in [2.24, 2.45) is 5.92 Å². The highest BCUT2D eigenvalue weighted by Crippen LogP contribution is 2.24. The molecule has 1 saturated heterocycles. The third-order valence-corrected chi connectivity index (χ3v) is 6.66. The van der Waals surface area contributed by atoms with E-state index in [2.05, 4.69) is 17.2 Å².